The predicted octanol–water partition coefficient (Wildman–Crippen LogP) is 0.190. The number of piperazine rings is 1. The second-order valence-electron chi connectivity index (χ2n) is 4.41. The highest BCUT2D eigenvalue weighted by Gasteiger charge is 2.23. The summed E-state index contributed by atoms with van der Waals surface area (Å²) >= 11 is 0. The minimum absolute atomic E-state index is 0.239. The first kappa shape index (κ1) is 11.5. The summed E-state index contributed by atoms with van der Waals surface area (Å²) in [7, 11) is 2.07. The molecule has 0 radical (unpaired) electrons. The van der Waals surface area contributed by atoms with Gasteiger partial charge in [-0.15, -0.1) is 0 Å². The van der Waals surface area contributed by atoms with Crippen LogP contribution in [0.25, 0.3) is 0 Å². The van der Waals surface area contributed by atoms with E-state index in [0.717, 1.165) is 26.2 Å². The zero-order valence-corrected chi connectivity index (χ0v) is 9.71. The second-order valence-corrected chi connectivity index (χ2v) is 4.41. The van der Waals surface area contributed by atoms with E-state index < -0.39 is 0 Å². The van der Waals surface area contributed by atoms with Crippen molar-refractivity contribution in [1.82, 2.24) is 14.8 Å². The molecule has 1 saturated heterocycles. The van der Waals surface area contributed by atoms with E-state index in [0.29, 0.717) is 0 Å². The largest absolute Gasteiger partial charge is 0.395 e. The Morgan fingerprint density at radius 2 is 2.12 bits per heavy atom. The van der Waals surface area contributed by atoms with Crippen molar-refractivity contribution in [3.05, 3.63) is 30.1 Å². The van der Waals surface area contributed by atoms with E-state index >= 15 is 0 Å². The van der Waals surface area contributed by atoms with Crippen LogP contribution in [0.3, 0.4) is 0 Å². The Morgan fingerprint density at radius 1 is 1.38 bits per heavy atom. The van der Waals surface area contributed by atoms with Crippen molar-refractivity contribution in [2.24, 2.45) is 0 Å². The molecule has 4 nitrogen and oxygen atoms in total. The molecule has 1 aromatic heterocycles. The fraction of sp³-hybridized carbons (Fsp3) is 0.583. The zero-order chi connectivity index (χ0) is 11.4. The molecule has 0 bridgehead atoms. The molecule has 2 heterocycles. The second kappa shape index (κ2) is 5.39. The summed E-state index contributed by atoms with van der Waals surface area (Å²) in [5, 5.41) is 9.27. The van der Waals surface area contributed by atoms with Gasteiger partial charge in [-0.1, -0.05) is 0 Å². The number of aliphatic hydroxyl groups is 1. The van der Waals surface area contributed by atoms with Gasteiger partial charge in [0, 0.05) is 44.6 Å². The topological polar surface area (TPSA) is 39.6 Å². The molecule has 1 aliphatic heterocycles. The molecule has 1 atom stereocenters. The Hall–Kier alpha value is -0.970. The van der Waals surface area contributed by atoms with Crippen LogP contribution < -0.4 is 0 Å². The quantitative estimate of drug-likeness (QED) is 0.791. The summed E-state index contributed by atoms with van der Waals surface area (Å²) in [6.07, 6.45) is 3.66. The van der Waals surface area contributed by atoms with Crippen LogP contribution in [0.1, 0.15) is 5.56 Å². The van der Waals surface area contributed by atoms with Crippen LogP contribution >= 0.6 is 0 Å². The van der Waals surface area contributed by atoms with Crippen molar-refractivity contribution in [2.75, 3.05) is 33.3 Å². The Bertz CT molecular complexity index is 317. The van der Waals surface area contributed by atoms with Gasteiger partial charge in [-0.2, -0.15) is 0 Å². The van der Waals surface area contributed by atoms with E-state index in [1.54, 1.807) is 0 Å². The molecule has 4 heteroatoms. The molecule has 0 aliphatic carbocycles. The zero-order valence-electron chi connectivity index (χ0n) is 9.71. The fourth-order valence-corrected chi connectivity index (χ4v) is 2.10. The van der Waals surface area contributed by atoms with Gasteiger partial charge in [0.25, 0.3) is 0 Å². The van der Waals surface area contributed by atoms with Gasteiger partial charge in [0.05, 0.1) is 6.61 Å². The molecule has 1 N–H and O–H groups in total. The average molecular weight is 221 g/mol. The highest BCUT2D eigenvalue weighted by atomic mass is 16.3. The van der Waals surface area contributed by atoms with Crippen LogP contribution in [0.15, 0.2) is 24.5 Å². The van der Waals surface area contributed by atoms with Crippen molar-refractivity contribution >= 4 is 0 Å². The molecule has 88 valence electrons. The third-order valence-electron chi connectivity index (χ3n) is 3.23. The Morgan fingerprint density at radius 3 is 2.81 bits per heavy atom. The molecule has 0 aromatic carbocycles. The Kier molecular flexibility index (Phi) is 3.88. The number of nitrogens with zero attached hydrogens (tertiary/aromatic N) is 3. The highest BCUT2D eigenvalue weighted by Crippen LogP contribution is 2.10. The minimum Gasteiger partial charge on any atom is -0.395 e. The molecule has 0 amide bonds. The lowest BCUT2D eigenvalue weighted by atomic mass is 10.1. The van der Waals surface area contributed by atoms with E-state index in [2.05, 4.69) is 21.8 Å². The molecule has 1 fully saturated rings. The predicted molar refractivity (Wildman–Crippen MR) is 63.0 cm³/mol. The van der Waals surface area contributed by atoms with Gasteiger partial charge in [-0.25, -0.2) is 0 Å². The number of pyridine rings is 1. The first-order chi connectivity index (χ1) is 7.79. The summed E-state index contributed by atoms with van der Waals surface area (Å²) < 4.78 is 0. The fourth-order valence-electron chi connectivity index (χ4n) is 2.10. The van der Waals surface area contributed by atoms with E-state index in [4.69, 9.17) is 0 Å². The smallest absolute Gasteiger partial charge is 0.0599 e. The summed E-state index contributed by atoms with van der Waals surface area (Å²) in [6.45, 7) is 4.22. The van der Waals surface area contributed by atoms with Crippen LogP contribution in [-0.2, 0) is 6.54 Å². The number of likely N-dealkylation sites (N-methyl/N-ethyl adjacent to an activating group) is 1. The third-order valence-corrected chi connectivity index (χ3v) is 3.23. The van der Waals surface area contributed by atoms with Gasteiger partial charge in [0.15, 0.2) is 0 Å². The van der Waals surface area contributed by atoms with Crippen LogP contribution in [0, 0.1) is 0 Å². The third kappa shape index (κ3) is 2.78. The van der Waals surface area contributed by atoms with Crippen LogP contribution in [-0.4, -0.2) is 59.2 Å². The van der Waals surface area contributed by atoms with Crippen LogP contribution in [0.5, 0.6) is 0 Å². The van der Waals surface area contributed by atoms with Crippen LogP contribution in [0.4, 0.5) is 0 Å². The van der Waals surface area contributed by atoms with Gasteiger partial charge in [0.1, 0.15) is 0 Å². The number of hydrogen-bond donors (Lipinski definition) is 1. The monoisotopic (exact) mass is 221 g/mol. The molecule has 1 unspecified atom stereocenters. The van der Waals surface area contributed by atoms with Gasteiger partial charge in [0.2, 0.25) is 0 Å². The SMILES string of the molecule is CN1CCN(Cc2ccncc2)CC1CO. The lowest BCUT2D eigenvalue weighted by molar-refractivity contribution is 0.0540. The summed E-state index contributed by atoms with van der Waals surface area (Å²) in [4.78, 5) is 8.63. The molecule has 16 heavy (non-hydrogen) atoms. The van der Waals surface area contributed by atoms with Gasteiger partial charge in [-0.05, 0) is 24.7 Å². The maximum Gasteiger partial charge on any atom is 0.0599 e. The molecular formula is C12H19N3O. The first-order valence-electron chi connectivity index (χ1n) is 5.72. The average Bonchev–Trinajstić information content (AvgIpc) is 2.33. The standard InChI is InChI=1S/C12H19N3O/c1-14-6-7-15(9-12(14)10-16)8-11-2-4-13-5-3-11/h2-5,12,16H,6-10H2,1H3. The van der Waals surface area contributed by atoms with Crippen molar-refractivity contribution in [3.8, 4) is 0 Å². The van der Waals surface area contributed by atoms with E-state index in [-0.39, 0.29) is 12.6 Å². The Balaban J connectivity index is 1.92. The van der Waals surface area contributed by atoms with Crippen molar-refractivity contribution < 1.29 is 5.11 Å². The number of aliphatic hydroxyl groups excluding tert-OH is 1. The summed E-state index contributed by atoms with van der Waals surface area (Å²) in [5.74, 6) is 0. The molecule has 0 saturated carbocycles. The lowest BCUT2D eigenvalue weighted by Gasteiger charge is -2.38. The Labute approximate surface area is 96.5 Å². The number of aromatic nitrogens is 1. The van der Waals surface area contributed by atoms with Gasteiger partial charge in [-0.3, -0.25) is 14.8 Å². The van der Waals surface area contributed by atoms with E-state index in [9.17, 15) is 5.11 Å². The van der Waals surface area contributed by atoms with E-state index in [1.165, 1.54) is 5.56 Å². The molecule has 1 aliphatic rings. The maximum atomic E-state index is 9.27. The molecule has 1 aromatic rings. The summed E-state index contributed by atoms with van der Waals surface area (Å²) in [5.41, 5.74) is 1.29. The van der Waals surface area contributed by atoms with E-state index in [1.807, 2.05) is 24.5 Å². The van der Waals surface area contributed by atoms with Crippen molar-refractivity contribution in [3.63, 3.8) is 0 Å². The highest BCUT2D eigenvalue weighted by molar-refractivity contribution is 5.09. The molecule has 0 spiro atoms. The number of hydrogen-bond acceptors (Lipinski definition) is 4. The van der Waals surface area contributed by atoms with Crippen molar-refractivity contribution in [2.45, 2.75) is 12.6 Å². The first-order valence-corrected chi connectivity index (χ1v) is 5.72. The van der Waals surface area contributed by atoms with Gasteiger partial charge < -0.3 is 5.11 Å². The summed E-state index contributed by atoms with van der Waals surface area (Å²) in [6, 6.07) is 4.37. The van der Waals surface area contributed by atoms with Crippen LogP contribution in [0.2, 0.25) is 0 Å². The number of rotatable bonds is 3. The normalized spacial score (nSPS) is 23.5. The lowest BCUT2D eigenvalue weighted by Crippen LogP contribution is -2.52. The minimum atomic E-state index is 0.239. The van der Waals surface area contributed by atoms with Gasteiger partial charge >= 0.3 is 0 Å². The maximum absolute atomic E-state index is 9.27. The van der Waals surface area contributed by atoms with Crippen molar-refractivity contribution in [1.29, 1.82) is 0 Å². The molecular weight excluding hydrogens is 202 g/mol. The molecule has 2 rings (SSSR count).